The Balaban J connectivity index is 2.19. The Labute approximate surface area is 62.8 Å². The average molecular weight is 140 g/mol. The van der Waals surface area contributed by atoms with Crippen LogP contribution in [0.4, 0.5) is 0 Å². The highest BCUT2D eigenvalue weighted by Crippen LogP contribution is 2.26. The van der Waals surface area contributed by atoms with E-state index in [-0.39, 0.29) is 6.10 Å². The molecular weight excluding hydrogens is 124 g/mol. The third-order valence-corrected chi connectivity index (χ3v) is 2.32. The van der Waals surface area contributed by atoms with Crippen LogP contribution in [-0.2, 0) is 0 Å². The van der Waals surface area contributed by atoms with Crippen LogP contribution in [0, 0.1) is 5.92 Å². The van der Waals surface area contributed by atoms with Gasteiger partial charge in [-0.2, -0.15) is 0 Å². The van der Waals surface area contributed by atoms with Crippen molar-refractivity contribution in [2.45, 2.75) is 38.2 Å². The van der Waals surface area contributed by atoms with Crippen LogP contribution >= 0.6 is 0 Å². The van der Waals surface area contributed by atoms with Crippen LogP contribution in [0.15, 0.2) is 12.7 Å². The Bertz CT molecular complexity index is 101. The molecule has 0 spiro atoms. The SMILES string of the molecule is C=CC[C@H]1CC[C@@H](O)CC1. The maximum atomic E-state index is 9.17. The van der Waals surface area contributed by atoms with Gasteiger partial charge in [0, 0.05) is 0 Å². The molecule has 0 aromatic heterocycles. The van der Waals surface area contributed by atoms with E-state index in [4.69, 9.17) is 5.11 Å². The topological polar surface area (TPSA) is 20.2 Å². The van der Waals surface area contributed by atoms with Crippen molar-refractivity contribution in [2.75, 3.05) is 0 Å². The molecule has 0 aromatic carbocycles. The molecule has 1 fully saturated rings. The number of rotatable bonds is 2. The average Bonchev–Trinajstić information content (AvgIpc) is 1.95. The number of aliphatic hydroxyl groups is 1. The van der Waals surface area contributed by atoms with Crippen molar-refractivity contribution >= 4 is 0 Å². The second kappa shape index (κ2) is 3.77. The van der Waals surface area contributed by atoms with Crippen LogP contribution in [0.2, 0.25) is 0 Å². The summed E-state index contributed by atoms with van der Waals surface area (Å²) in [6.07, 6.45) is 7.48. The fourth-order valence-corrected chi connectivity index (χ4v) is 1.62. The fourth-order valence-electron chi connectivity index (χ4n) is 1.62. The molecule has 1 N–H and O–H groups in total. The normalized spacial score (nSPS) is 33.7. The zero-order valence-electron chi connectivity index (χ0n) is 6.42. The van der Waals surface area contributed by atoms with Gasteiger partial charge in [0.25, 0.3) is 0 Å². The lowest BCUT2D eigenvalue weighted by Crippen LogP contribution is -2.17. The molecule has 0 aromatic rings. The van der Waals surface area contributed by atoms with Crippen molar-refractivity contribution in [1.82, 2.24) is 0 Å². The van der Waals surface area contributed by atoms with E-state index in [0.29, 0.717) is 0 Å². The van der Waals surface area contributed by atoms with Crippen LogP contribution in [0.1, 0.15) is 32.1 Å². The van der Waals surface area contributed by atoms with Crippen molar-refractivity contribution in [2.24, 2.45) is 5.92 Å². The van der Waals surface area contributed by atoms with Crippen LogP contribution in [-0.4, -0.2) is 11.2 Å². The van der Waals surface area contributed by atoms with Gasteiger partial charge in [-0.05, 0) is 38.0 Å². The van der Waals surface area contributed by atoms with Crippen molar-refractivity contribution < 1.29 is 5.11 Å². The molecule has 0 radical (unpaired) electrons. The minimum Gasteiger partial charge on any atom is -0.393 e. The summed E-state index contributed by atoms with van der Waals surface area (Å²) in [7, 11) is 0. The van der Waals surface area contributed by atoms with Crippen molar-refractivity contribution in [3.05, 3.63) is 12.7 Å². The Morgan fingerprint density at radius 1 is 1.30 bits per heavy atom. The predicted molar refractivity (Wildman–Crippen MR) is 42.8 cm³/mol. The number of hydrogen-bond acceptors (Lipinski definition) is 1. The fraction of sp³-hybridized carbons (Fsp3) is 0.778. The molecule has 1 saturated carbocycles. The highest BCUT2D eigenvalue weighted by Gasteiger charge is 2.17. The van der Waals surface area contributed by atoms with Gasteiger partial charge in [0.05, 0.1) is 6.10 Å². The molecule has 58 valence electrons. The summed E-state index contributed by atoms with van der Waals surface area (Å²) in [6, 6.07) is 0. The zero-order chi connectivity index (χ0) is 7.40. The molecular formula is C9H16O. The maximum Gasteiger partial charge on any atom is 0.0540 e. The van der Waals surface area contributed by atoms with Gasteiger partial charge in [0.15, 0.2) is 0 Å². The summed E-state index contributed by atoms with van der Waals surface area (Å²) in [5.74, 6) is 0.806. The lowest BCUT2D eigenvalue weighted by atomic mass is 9.85. The van der Waals surface area contributed by atoms with Crippen LogP contribution < -0.4 is 0 Å². The van der Waals surface area contributed by atoms with Crippen LogP contribution in [0.5, 0.6) is 0 Å². The second-order valence-electron chi connectivity index (χ2n) is 3.20. The number of hydrogen-bond donors (Lipinski definition) is 1. The first-order valence-corrected chi connectivity index (χ1v) is 4.12. The summed E-state index contributed by atoms with van der Waals surface area (Å²) in [5, 5.41) is 9.17. The molecule has 0 aliphatic heterocycles. The highest BCUT2D eigenvalue weighted by molar-refractivity contribution is 4.78. The van der Waals surface area contributed by atoms with E-state index in [2.05, 4.69) is 6.58 Å². The van der Waals surface area contributed by atoms with Gasteiger partial charge >= 0.3 is 0 Å². The largest absolute Gasteiger partial charge is 0.393 e. The third kappa shape index (κ3) is 2.14. The molecule has 1 aliphatic rings. The van der Waals surface area contributed by atoms with Gasteiger partial charge < -0.3 is 5.11 Å². The van der Waals surface area contributed by atoms with Gasteiger partial charge in [-0.15, -0.1) is 6.58 Å². The first-order valence-electron chi connectivity index (χ1n) is 4.12. The summed E-state index contributed by atoms with van der Waals surface area (Å²) in [6.45, 7) is 3.71. The molecule has 0 amide bonds. The summed E-state index contributed by atoms with van der Waals surface area (Å²) >= 11 is 0. The first-order chi connectivity index (χ1) is 4.83. The molecule has 1 aliphatic carbocycles. The van der Waals surface area contributed by atoms with E-state index < -0.39 is 0 Å². The number of aliphatic hydroxyl groups excluding tert-OH is 1. The van der Waals surface area contributed by atoms with Crippen molar-refractivity contribution in [1.29, 1.82) is 0 Å². The minimum atomic E-state index is -0.0129. The van der Waals surface area contributed by atoms with Crippen LogP contribution in [0.25, 0.3) is 0 Å². The van der Waals surface area contributed by atoms with Crippen LogP contribution in [0.3, 0.4) is 0 Å². The Hall–Kier alpha value is -0.300. The van der Waals surface area contributed by atoms with Gasteiger partial charge in [0.1, 0.15) is 0 Å². The predicted octanol–water partition coefficient (Wildman–Crippen LogP) is 2.11. The van der Waals surface area contributed by atoms with Crippen molar-refractivity contribution in [3.63, 3.8) is 0 Å². The van der Waals surface area contributed by atoms with Gasteiger partial charge in [-0.3, -0.25) is 0 Å². The zero-order valence-corrected chi connectivity index (χ0v) is 6.42. The molecule has 1 rings (SSSR count). The third-order valence-electron chi connectivity index (χ3n) is 2.32. The minimum absolute atomic E-state index is 0.0129. The van der Waals surface area contributed by atoms with Crippen molar-refractivity contribution in [3.8, 4) is 0 Å². The molecule has 0 bridgehead atoms. The van der Waals surface area contributed by atoms with Gasteiger partial charge in [-0.25, -0.2) is 0 Å². The monoisotopic (exact) mass is 140 g/mol. The lowest BCUT2D eigenvalue weighted by Gasteiger charge is -2.23. The molecule has 1 nitrogen and oxygen atoms in total. The Kier molecular flexibility index (Phi) is 2.94. The standard InChI is InChI=1S/C9H16O/c1-2-3-8-4-6-9(10)7-5-8/h2,8-10H,1,3-7H2/t8-,9+. The molecule has 0 atom stereocenters. The lowest BCUT2D eigenvalue weighted by molar-refractivity contribution is 0.109. The van der Waals surface area contributed by atoms with E-state index in [0.717, 1.165) is 25.2 Å². The van der Waals surface area contributed by atoms with E-state index >= 15 is 0 Å². The smallest absolute Gasteiger partial charge is 0.0540 e. The summed E-state index contributed by atoms with van der Waals surface area (Å²) < 4.78 is 0. The Morgan fingerprint density at radius 3 is 2.40 bits per heavy atom. The van der Waals surface area contributed by atoms with E-state index in [1.54, 1.807) is 0 Å². The summed E-state index contributed by atoms with van der Waals surface area (Å²) in [4.78, 5) is 0. The van der Waals surface area contributed by atoms with E-state index in [9.17, 15) is 0 Å². The molecule has 1 heteroatoms. The summed E-state index contributed by atoms with van der Waals surface area (Å²) in [5.41, 5.74) is 0. The van der Waals surface area contributed by atoms with Gasteiger partial charge in [-0.1, -0.05) is 6.08 Å². The molecule has 0 unspecified atom stereocenters. The molecule has 10 heavy (non-hydrogen) atoms. The Morgan fingerprint density at radius 2 is 1.90 bits per heavy atom. The van der Waals surface area contributed by atoms with E-state index in [1.807, 2.05) is 6.08 Å². The number of allylic oxidation sites excluding steroid dienone is 1. The maximum absolute atomic E-state index is 9.17. The first kappa shape index (κ1) is 7.80. The second-order valence-corrected chi connectivity index (χ2v) is 3.20. The molecule has 0 heterocycles. The van der Waals surface area contributed by atoms with E-state index in [1.165, 1.54) is 12.8 Å². The quantitative estimate of drug-likeness (QED) is 0.582. The van der Waals surface area contributed by atoms with Gasteiger partial charge in [0.2, 0.25) is 0 Å². The highest BCUT2D eigenvalue weighted by atomic mass is 16.3. The molecule has 0 saturated heterocycles.